The smallest absolute Gasteiger partial charge is 0.348 e. The number of anilines is 1. The van der Waals surface area contributed by atoms with Crippen molar-refractivity contribution in [3.05, 3.63) is 16.0 Å². The number of esters is 2. The molecule has 1 N–H and O–H groups in total. The van der Waals surface area contributed by atoms with Gasteiger partial charge in [0.1, 0.15) is 9.88 Å². The van der Waals surface area contributed by atoms with E-state index >= 15 is 0 Å². The summed E-state index contributed by atoms with van der Waals surface area (Å²) in [4.78, 5) is 38.9. The number of nitrogens with one attached hydrogen (secondary N) is 1. The van der Waals surface area contributed by atoms with Crippen LogP contribution in [0.1, 0.15) is 52.8 Å². The number of amides is 2. The van der Waals surface area contributed by atoms with Crippen LogP contribution >= 0.6 is 11.3 Å². The second-order valence-electron chi connectivity index (χ2n) is 5.97. The Kier molecular flexibility index (Phi) is 6.41. The number of rotatable bonds is 5. The van der Waals surface area contributed by atoms with Crippen molar-refractivity contribution in [2.75, 3.05) is 31.6 Å². The molecule has 7 nitrogen and oxygen atoms in total. The molecule has 1 aliphatic rings. The van der Waals surface area contributed by atoms with Gasteiger partial charge in [-0.25, -0.2) is 14.4 Å². The van der Waals surface area contributed by atoms with Gasteiger partial charge in [0.05, 0.1) is 18.8 Å². The van der Waals surface area contributed by atoms with Crippen molar-refractivity contribution in [2.24, 2.45) is 5.92 Å². The lowest BCUT2D eigenvalue weighted by Gasteiger charge is -2.16. The maximum Gasteiger partial charge on any atom is 0.348 e. The SMILES string of the molecule is CCOC(=O)c1sc(NC(=O)N2CCC(C)C2)c(C(=O)OCC)c1C. The van der Waals surface area contributed by atoms with Gasteiger partial charge < -0.3 is 14.4 Å². The normalized spacial score (nSPS) is 16.6. The molecule has 1 fully saturated rings. The minimum atomic E-state index is -0.558. The summed E-state index contributed by atoms with van der Waals surface area (Å²) in [6, 6.07) is -0.272. The Labute approximate surface area is 151 Å². The van der Waals surface area contributed by atoms with Gasteiger partial charge in [-0.2, -0.15) is 0 Å². The van der Waals surface area contributed by atoms with Crippen molar-refractivity contribution < 1.29 is 23.9 Å². The van der Waals surface area contributed by atoms with Crippen LogP contribution in [0.25, 0.3) is 0 Å². The molecule has 0 saturated carbocycles. The molecule has 0 aliphatic carbocycles. The van der Waals surface area contributed by atoms with Crippen LogP contribution in [-0.4, -0.2) is 49.2 Å². The lowest BCUT2D eigenvalue weighted by atomic mass is 10.1. The zero-order valence-electron chi connectivity index (χ0n) is 15.0. The average molecular weight is 368 g/mol. The Bertz CT molecular complexity index is 670. The van der Waals surface area contributed by atoms with E-state index < -0.39 is 11.9 Å². The van der Waals surface area contributed by atoms with Gasteiger partial charge in [0.15, 0.2) is 0 Å². The van der Waals surface area contributed by atoms with E-state index in [0.29, 0.717) is 34.4 Å². The summed E-state index contributed by atoms with van der Waals surface area (Å²) in [7, 11) is 0. The predicted molar refractivity (Wildman–Crippen MR) is 95.3 cm³/mol. The van der Waals surface area contributed by atoms with Crippen LogP contribution in [0, 0.1) is 12.8 Å². The number of hydrogen-bond acceptors (Lipinski definition) is 6. The van der Waals surface area contributed by atoms with Crippen LogP contribution < -0.4 is 5.32 Å². The van der Waals surface area contributed by atoms with E-state index in [9.17, 15) is 14.4 Å². The summed E-state index contributed by atoms with van der Waals surface area (Å²) in [6.07, 6.45) is 0.954. The molecule has 2 heterocycles. The molecule has 138 valence electrons. The van der Waals surface area contributed by atoms with Gasteiger partial charge in [0.25, 0.3) is 0 Å². The van der Waals surface area contributed by atoms with Gasteiger partial charge in [0, 0.05) is 13.1 Å². The molecule has 1 saturated heterocycles. The van der Waals surface area contributed by atoms with E-state index in [1.54, 1.807) is 25.7 Å². The Hall–Kier alpha value is -2.09. The first-order chi connectivity index (χ1) is 11.9. The van der Waals surface area contributed by atoms with Crippen molar-refractivity contribution in [3.63, 3.8) is 0 Å². The van der Waals surface area contributed by atoms with E-state index in [1.165, 1.54) is 0 Å². The molecule has 2 rings (SSSR count). The first-order valence-electron chi connectivity index (χ1n) is 8.42. The number of urea groups is 1. The standard InChI is InChI=1S/C17H24N2O5S/c1-5-23-15(20)12-11(4)13(16(21)24-6-2)25-14(12)18-17(22)19-8-7-10(3)9-19/h10H,5-9H2,1-4H3,(H,18,22). The summed E-state index contributed by atoms with van der Waals surface area (Å²) >= 11 is 1.04. The van der Waals surface area contributed by atoms with Gasteiger partial charge in [0.2, 0.25) is 0 Å². The molecule has 2 amide bonds. The fourth-order valence-electron chi connectivity index (χ4n) is 2.74. The molecule has 1 aromatic heterocycles. The maximum absolute atomic E-state index is 12.5. The molecular weight excluding hydrogens is 344 g/mol. The van der Waals surface area contributed by atoms with Gasteiger partial charge in [-0.05, 0) is 38.7 Å². The molecule has 0 radical (unpaired) electrons. The largest absolute Gasteiger partial charge is 0.462 e. The lowest BCUT2D eigenvalue weighted by molar-refractivity contribution is 0.0527. The summed E-state index contributed by atoms with van der Waals surface area (Å²) in [5.74, 6) is -0.613. The third-order valence-corrected chi connectivity index (χ3v) is 5.21. The number of hydrogen-bond donors (Lipinski definition) is 1. The number of nitrogens with zero attached hydrogens (tertiary/aromatic N) is 1. The molecule has 0 aromatic carbocycles. The highest BCUT2D eigenvalue weighted by molar-refractivity contribution is 7.18. The lowest BCUT2D eigenvalue weighted by Crippen LogP contribution is -2.33. The summed E-state index contributed by atoms with van der Waals surface area (Å²) in [5, 5.41) is 3.09. The van der Waals surface area contributed by atoms with E-state index in [-0.39, 0.29) is 24.8 Å². The molecule has 0 bridgehead atoms. The van der Waals surface area contributed by atoms with Crippen LogP contribution in [0.5, 0.6) is 0 Å². The monoisotopic (exact) mass is 368 g/mol. The van der Waals surface area contributed by atoms with E-state index in [0.717, 1.165) is 17.8 Å². The molecule has 1 atom stereocenters. The number of likely N-dealkylation sites (tertiary alicyclic amines) is 1. The number of ether oxygens (including phenoxy) is 2. The number of carbonyl (C=O) groups excluding carboxylic acids is 3. The minimum absolute atomic E-state index is 0.208. The fourth-order valence-corrected chi connectivity index (χ4v) is 3.82. The van der Waals surface area contributed by atoms with E-state index in [1.807, 2.05) is 0 Å². The first-order valence-corrected chi connectivity index (χ1v) is 9.24. The average Bonchev–Trinajstić information content (AvgIpc) is 3.12. The van der Waals surface area contributed by atoms with Crippen LogP contribution in [0.4, 0.5) is 9.80 Å². The number of thiophene rings is 1. The first kappa shape index (κ1) is 19.2. The third-order valence-electron chi connectivity index (χ3n) is 4.02. The van der Waals surface area contributed by atoms with Crippen molar-refractivity contribution in [2.45, 2.75) is 34.1 Å². The third kappa shape index (κ3) is 4.31. The Morgan fingerprint density at radius 1 is 1.20 bits per heavy atom. The second-order valence-corrected chi connectivity index (χ2v) is 6.99. The molecule has 25 heavy (non-hydrogen) atoms. The summed E-state index contributed by atoms with van der Waals surface area (Å²) in [6.45, 7) is 8.96. The van der Waals surface area contributed by atoms with Gasteiger partial charge in [-0.15, -0.1) is 11.3 Å². The molecule has 8 heteroatoms. The van der Waals surface area contributed by atoms with Crippen LogP contribution in [0.15, 0.2) is 0 Å². The predicted octanol–water partition coefficient (Wildman–Crippen LogP) is 3.28. The van der Waals surface area contributed by atoms with E-state index in [2.05, 4.69) is 12.2 Å². The van der Waals surface area contributed by atoms with Gasteiger partial charge in [-0.1, -0.05) is 6.92 Å². The zero-order chi connectivity index (χ0) is 18.6. The summed E-state index contributed by atoms with van der Waals surface area (Å²) < 4.78 is 10.1. The molecular formula is C17H24N2O5S. The molecule has 0 spiro atoms. The van der Waals surface area contributed by atoms with Crippen LogP contribution in [0.3, 0.4) is 0 Å². The molecule has 1 unspecified atom stereocenters. The quantitative estimate of drug-likeness (QED) is 0.806. The van der Waals surface area contributed by atoms with Crippen molar-refractivity contribution in [3.8, 4) is 0 Å². The van der Waals surface area contributed by atoms with Crippen LogP contribution in [-0.2, 0) is 9.47 Å². The highest BCUT2D eigenvalue weighted by Gasteiger charge is 2.29. The minimum Gasteiger partial charge on any atom is -0.462 e. The topological polar surface area (TPSA) is 84.9 Å². The van der Waals surface area contributed by atoms with Gasteiger partial charge in [-0.3, -0.25) is 5.32 Å². The zero-order valence-corrected chi connectivity index (χ0v) is 15.8. The Balaban J connectivity index is 2.30. The van der Waals surface area contributed by atoms with Crippen molar-refractivity contribution in [1.82, 2.24) is 4.90 Å². The second kappa shape index (κ2) is 8.33. The molecule has 1 aromatic rings. The maximum atomic E-state index is 12.5. The Morgan fingerprint density at radius 3 is 2.40 bits per heavy atom. The molecule has 1 aliphatic heterocycles. The highest BCUT2D eigenvalue weighted by Crippen LogP contribution is 2.34. The van der Waals surface area contributed by atoms with Crippen molar-refractivity contribution in [1.29, 1.82) is 0 Å². The summed E-state index contributed by atoms with van der Waals surface area (Å²) in [5.41, 5.74) is 0.683. The van der Waals surface area contributed by atoms with Crippen molar-refractivity contribution >= 4 is 34.3 Å². The van der Waals surface area contributed by atoms with E-state index in [4.69, 9.17) is 9.47 Å². The number of carbonyl (C=O) groups is 3. The highest BCUT2D eigenvalue weighted by atomic mass is 32.1. The fraction of sp³-hybridized carbons (Fsp3) is 0.588. The Morgan fingerprint density at radius 2 is 1.84 bits per heavy atom. The van der Waals surface area contributed by atoms with Gasteiger partial charge >= 0.3 is 18.0 Å². The van der Waals surface area contributed by atoms with Crippen LogP contribution in [0.2, 0.25) is 0 Å².